The number of imidazole rings is 1. The van der Waals surface area contributed by atoms with Gasteiger partial charge in [-0.3, -0.25) is 4.79 Å². The predicted molar refractivity (Wildman–Crippen MR) is 148 cm³/mol. The lowest BCUT2D eigenvalue weighted by molar-refractivity contribution is -0.112. The van der Waals surface area contributed by atoms with Crippen molar-refractivity contribution < 1.29 is 23.3 Å². The molecule has 1 aliphatic heterocycles. The molecule has 0 saturated heterocycles. The molecule has 0 unspecified atom stereocenters. The molecule has 8 nitrogen and oxygen atoms in total. The van der Waals surface area contributed by atoms with Crippen LogP contribution in [0.5, 0.6) is 11.5 Å². The molecule has 0 spiro atoms. The molecule has 194 valence electrons. The number of aromatic amines is 1. The van der Waals surface area contributed by atoms with Crippen molar-refractivity contribution in [3.8, 4) is 22.9 Å². The summed E-state index contributed by atoms with van der Waals surface area (Å²) in [6, 6.07) is 11.3. The Kier molecular flexibility index (Phi) is 7.45. The molecule has 0 bridgehead atoms. The third kappa shape index (κ3) is 5.95. The van der Waals surface area contributed by atoms with Gasteiger partial charge in [0.2, 0.25) is 5.79 Å². The Balaban J connectivity index is 0.00000253. The van der Waals surface area contributed by atoms with Gasteiger partial charge in [0.05, 0.1) is 11.0 Å². The number of amides is 1. The van der Waals surface area contributed by atoms with Crippen LogP contribution in [-0.4, -0.2) is 41.9 Å². The molecule has 1 aromatic heterocycles. The van der Waals surface area contributed by atoms with Crippen molar-refractivity contribution in [2.24, 2.45) is 0 Å². The van der Waals surface area contributed by atoms with Crippen LogP contribution in [0, 0.1) is 0 Å². The number of benzene rings is 2. The van der Waals surface area contributed by atoms with E-state index in [0.717, 1.165) is 35.3 Å². The number of ether oxygens (including phenoxy) is 3. The molecule has 0 aliphatic carbocycles. The van der Waals surface area contributed by atoms with Crippen molar-refractivity contribution >= 4 is 22.6 Å². The van der Waals surface area contributed by atoms with E-state index in [1.54, 1.807) is 25.3 Å². The topological polar surface area (TPSA) is 97.5 Å². The summed E-state index contributed by atoms with van der Waals surface area (Å²) in [7, 11) is 1.68. The molecule has 0 atom stereocenters. The fourth-order valence-electron chi connectivity index (χ4n) is 3.81. The first-order chi connectivity index (χ1) is 17.3. The first kappa shape index (κ1) is 25.1. The van der Waals surface area contributed by atoms with Crippen LogP contribution >= 0.6 is 0 Å². The number of H-pyrrole nitrogens is 1. The van der Waals surface area contributed by atoms with Crippen LogP contribution in [0.1, 0.15) is 31.5 Å². The van der Waals surface area contributed by atoms with Crippen LogP contribution in [0.15, 0.2) is 72.5 Å². The van der Waals surface area contributed by atoms with Crippen LogP contribution in [0.3, 0.4) is 0 Å². The summed E-state index contributed by atoms with van der Waals surface area (Å²) in [5, 5.41) is 6.14. The highest BCUT2D eigenvalue weighted by molar-refractivity contribution is 6.06. The molecule has 0 radical (unpaired) electrons. The second-order valence-corrected chi connectivity index (χ2v) is 8.91. The van der Waals surface area contributed by atoms with E-state index < -0.39 is 5.79 Å². The average Bonchev–Trinajstić information content (AvgIpc) is 3.40. The molecule has 2 aromatic carbocycles. The zero-order valence-corrected chi connectivity index (χ0v) is 21.1. The maximum Gasteiger partial charge on any atom is 0.255 e. The van der Waals surface area contributed by atoms with E-state index in [4.69, 9.17) is 14.2 Å². The Labute approximate surface area is 215 Å². The number of anilines is 1. The van der Waals surface area contributed by atoms with E-state index in [-0.39, 0.29) is 10.2 Å². The molecule has 0 saturated carbocycles. The zero-order chi connectivity index (χ0) is 25.7. The van der Waals surface area contributed by atoms with Gasteiger partial charge >= 0.3 is 0 Å². The van der Waals surface area contributed by atoms with Crippen molar-refractivity contribution in [1.29, 1.82) is 0 Å². The summed E-state index contributed by atoms with van der Waals surface area (Å²) < 4.78 is 16.7. The molecule has 36 heavy (non-hydrogen) atoms. The third-order valence-corrected chi connectivity index (χ3v) is 5.58. The molecular weight excluding hydrogens is 456 g/mol. The Morgan fingerprint density at radius 2 is 2.00 bits per heavy atom. The minimum Gasteiger partial charge on any atom is -0.449 e. The molecule has 1 amide bonds. The molecule has 2 heterocycles. The highest BCUT2D eigenvalue weighted by Gasteiger charge is 2.31. The van der Waals surface area contributed by atoms with Crippen molar-refractivity contribution in [3.63, 3.8) is 0 Å². The average molecular weight is 495 g/mol. The monoisotopic (exact) mass is 494 g/mol. The Hall–Kier alpha value is -4.04. The van der Waals surface area contributed by atoms with Crippen LogP contribution in [0.2, 0.25) is 0 Å². The van der Waals surface area contributed by atoms with Crippen LogP contribution in [0.4, 0.5) is 5.69 Å². The number of fused-ring (bicyclic) bond motifs is 2. The van der Waals surface area contributed by atoms with Gasteiger partial charge in [-0.15, -0.1) is 0 Å². The summed E-state index contributed by atoms with van der Waals surface area (Å²) in [6.45, 7) is 11.0. The van der Waals surface area contributed by atoms with Gasteiger partial charge in [0.1, 0.15) is 5.82 Å². The summed E-state index contributed by atoms with van der Waals surface area (Å²) >= 11 is 0. The minimum absolute atomic E-state index is 0. The van der Waals surface area contributed by atoms with Crippen molar-refractivity contribution in [2.45, 2.75) is 33.0 Å². The van der Waals surface area contributed by atoms with Crippen LogP contribution < -0.4 is 20.1 Å². The van der Waals surface area contributed by atoms with Crippen LogP contribution in [-0.2, 0) is 9.53 Å². The lowest BCUT2D eigenvalue weighted by Crippen LogP contribution is -2.29. The molecule has 3 aromatic rings. The molecule has 0 fully saturated rings. The quantitative estimate of drug-likeness (QED) is 0.180. The summed E-state index contributed by atoms with van der Waals surface area (Å²) in [5.41, 5.74) is 4.42. The van der Waals surface area contributed by atoms with Gasteiger partial charge in [-0.25, -0.2) is 4.98 Å². The number of aromatic nitrogens is 2. The van der Waals surface area contributed by atoms with Crippen molar-refractivity contribution in [1.82, 2.24) is 15.3 Å². The van der Waals surface area contributed by atoms with E-state index in [9.17, 15) is 4.79 Å². The fraction of sp³-hybridized carbons (Fsp3) is 0.286. The van der Waals surface area contributed by atoms with E-state index in [2.05, 4.69) is 27.2 Å². The maximum atomic E-state index is 12.8. The Morgan fingerprint density at radius 1 is 1.19 bits per heavy atom. The number of hydrogen-bond acceptors (Lipinski definition) is 6. The minimum atomic E-state index is -0.684. The zero-order valence-electron chi connectivity index (χ0n) is 21.1. The second-order valence-electron chi connectivity index (χ2n) is 8.91. The van der Waals surface area contributed by atoms with Gasteiger partial charge in [-0.05, 0) is 61.9 Å². The maximum absolute atomic E-state index is 12.8. The second kappa shape index (κ2) is 10.7. The number of methoxy groups -OCH3 is 1. The number of carbonyl (C=O) groups is 1. The van der Waals surface area contributed by atoms with Crippen molar-refractivity contribution in [3.05, 3.63) is 72.5 Å². The molecule has 1 aliphatic rings. The van der Waals surface area contributed by atoms with Gasteiger partial charge in [-0.2, -0.15) is 0 Å². The number of rotatable bonds is 10. The largest absolute Gasteiger partial charge is 0.449 e. The van der Waals surface area contributed by atoms with Gasteiger partial charge in [-0.1, -0.05) is 12.7 Å². The number of carbonyl (C=O) groups excluding carboxylic acids is 1. The summed E-state index contributed by atoms with van der Waals surface area (Å²) in [4.78, 5) is 20.9. The summed E-state index contributed by atoms with van der Waals surface area (Å²) in [5.74, 6) is 1.21. The molecule has 4 rings (SSSR count). The fourth-order valence-corrected chi connectivity index (χ4v) is 3.81. The predicted octanol–water partition coefficient (Wildman–Crippen LogP) is 6.06. The van der Waals surface area contributed by atoms with Gasteiger partial charge in [0, 0.05) is 60.9 Å². The normalized spacial score (nSPS) is 14.4. The molecule has 3 N–H and O–H groups in total. The van der Waals surface area contributed by atoms with Crippen LogP contribution in [0.25, 0.3) is 22.4 Å². The lowest BCUT2D eigenvalue weighted by Gasteiger charge is -2.16. The highest BCUT2D eigenvalue weighted by Crippen LogP contribution is 2.41. The SMILES string of the molecule is C=C(/C=C\C(=C/C)C(=O)Nc1ccc2nc(-c3ccc4c(c3)OC(C)(C)O4)[nH]c2c1)NCCCOC.[HH].[HH].[HH]. The number of allylic oxidation sites excluding steroid dienone is 2. The van der Waals surface area contributed by atoms with E-state index in [1.807, 2.05) is 57.2 Å². The third-order valence-electron chi connectivity index (χ3n) is 5.58. The first-order valence-electron chi connectivity index (χ1n) is 11.9. The number of nitrogens with zero attached hydrogens (tertiary/aromatic N) is 1. The van der Waals surface area contributed by atoms with Gasteiger partial charge in [0.25, 0.3) is 5.91 Å². The molecule has 8 heteroatoms. The summed E-state index contributed by atoms with van der Waals surface area (Å²) in [6.07, 6.45) is 6.18. The first-order valence-corrected chi connectivity index (χ1v) is 11.9. The van der Waals surface area contributed by atoms with Crippen molar-refractivity contribution in [2.75, 3.05) is 25.6 Å². The van der Waals surface area contributed by atoms with E-state index in [1.165, 1.54) is 0 Å². The van der Waals surface area contributed by atoms with E-state index in [0.29, 0.717) is 35.2 Å². The highest BCUT2D eigenvalue weighted by atomic mass is 16.7. The Morgan fingerprint density at radius 3 is 2.78 bits per heavy atom. The lowest BCUT2D eigenvalue weighted by atomic mass is 10.2. The van der Waals surface area contributed by atoms with Gasteiger partial charge in [0.15, 0.2) is 11.5 Å². The number of hydrogen-bond donors (Lipinski definition) is 3. The number of nitrogens with one attached hydrogen (secondary N) is 3. The van der Waals surface area contributed by atoms with E-state index >= 15 is 0 Å². The smallest absolute Gasteiger partial charge is 0.255 e. The van der Waals surface area contributed by atoms with Gasteiger partial charge < -0.3 is 29.8 Å². The Bertz CT molecular complexity index is 1350. The standard InChI is InChI=1S/C28H32N4O4.3H2/c1-6-19(9-8-18(2)29-14-7-15-34-5)27(33)30-21-11-12-22-23(17-21)32-26(31-22)20-10-13-24-25(16-20)36-28(3,4)35-24;;;/h6,8-13,16-17,29H,2,7,14-15H2,1,3-5H3,(H,30,33)(H,31,32);3*1H/b9-8-,19-6+;;;. The molecular formula is C28H38N4O4.